The van der Waals surface area contributed by atoms with Crippen molar-refractivity contribution < 1.29 is 23.8 Å². The van der Waals surface area contributed by atoms with E-state index in [0.717, 1.165) is 24.0 Å². The van der Waals surface area contributed by atoms with Crippen LogP contribution in [-0.4, -0.2) is 18.7 Å². The molecule has 0 bridgehead atoms. The number of rotatable bonds is 16. The number of carbonyl (C=O) groups is 2. The fraction of sp³-hybridized carbons (Fsp3) is 0.429. The molecule has 5 nitrogen and oxygen atoms in total. The number of ether oxygens (including phenoxy) is 3. The highest BCUT2D eigenvalue weighted by Crippen LogP contribution is 2.25. The maximum atomic E-state index is 12.6. The highest BCUT2D eigenvalue weighted by molar-refractivity contribution is 5.91. The lowest BCUT2D eigenvalue weighted by molar-refractivity contribution is 0.0734. The minimum absolute atomic E-state index is 0.298. The van der Waals surface area contributed by atoms with Crippen LogP contribution >= 0.6 is 0 Å². The molecule has 0 aliphatic carbocycles. The van der Waals surface area contributed by atoms with Crippen LogP contribution in [0.1, 0.15) is 94.5 Å². The van der Waals surface area contributed by atoms with Crippen LogP contribution in [0, 0.1) is 5.92 Å². The summed E-state index contributed by atoms with van der Waals surface area (Å²) in [6.45, 7) is 6.66. The number of carbonyl (C=O) groups excluding carboxylic acids is 2. The average Bonchev–Trinajstić information content (AvgIpc) is 2.98. The van der Waals surface area contributed by atoms with Crippen LogP contribution in [0.4, 0.5) is 4.79 Å². The van der Waals surface area contributed by atoms with Gasteiger partial charge in [0.15, 0.2) is 0 Å². The molecule has 0 aliphatic heterocycles. The van der Waals surface area contributed by atoms with Gasteiger partial charge in [0.1, 0.15) is 11.5 Å². The van der Waals surface area contributed by atoms with Gasteiger partial charge in [0.05, 0.1) is 12.2 Å². The predicted octanol–water partition coefficient (Wildman–Crippen LogP) is 9.82. The largest absolute Gasteiger partial charge is 0.513 e. The van der Waals surface area contributed by atoms with Crippen LogP contribution in [0.2, 0.25) is 0 Å². The van der Waals surface area contributed by atoms with E-state index >= 15 is 0 Å². The molecule has 214 valence electrons. The maximum absolute atomic E-state index is 12.6. The molecule has 3 rings (SSSR count). The van der Waals surface area contributed by atoms with Crippen molar-refractivity contribution in [3.8, 4) is 22.6 Å². The van der Waals surface area contributed by atoms with Gasteiger partial charge in [-0.15, -0.1) is 0 Å². The number of aryl methyl sites for hydroxylation is 1. The molecule has 0 radical (unpaired) electrons. The van der Waals surface area contributed by atoms with Gasteiger partial charge in [-0.1, -0.05) is 109 Å². The summed E-state index contributed by atoms with van der Waals surface area (Å²) in [6.07, 6.45) is 11.7. The maximum Gasteiger partial charge on any atom is 0.513 e. The van der Waals surface area contributed by atoms with Crippen molar-refractivity contribution in [3.63, 3.8) is 0 Å². The molecular formula is C35H44O5. The second-order valence-corrected chi connectivity index (χ2v) is 10.5. The van der Waals surface area contributed by atoms with E-state index in [-0.39, 0.29) is 5.97 Å². The third kappa shape index (κ3) is 10.9. The molecule has 5 heteroatoms. The fourth-order valence-corrected chi connectivity index (χ4v) is 4.32. The molecule has 0 N–H and O–H groups in total. The number of unbranched alkanes of at least 4 members (excludes halogenated alkanes) is 7. The number of hydrogen-bond donors (Lipinski definition) is 0. The van der Waals surface area contributed by atoms with Crippen molar-refractivity contribution in [3.05, 3.63) is 83.9 Å². The summed E-state index contributed by atoms with van der Waals surface area (Å²) in [5, 5.41) is 0. The standard InChI is InChI=1S/C35H44O5/c1-4-6-7-8-9-10-11-12-13-28-14-16-31(17-15-28)34(36)39-32-22-18-29(19-23-32)30-20-24-33(25-21-30)40-35(37)38-26-27(3)5-2/h14-25,27H,4-13,26H2,1-3H3. The van der Waals surface area contributed by atoms with Gasteiger partial charge in [0.2, 0.25) is 0 Å². The van der Waals surface area contributed by atoms with Crippen molar-refractivity contribution in [1.29, 1.82) is 0 Å². The molecule has 0 saturated heterocycles. The first-order valence-corrected chi connectivity index (χ1v) is 14.8. The quantitative estimate of drug-likeness (QED) is 0.0777. The Kier molecular flexibility index (Phi) is 13.3. The van der Waals surface area contributed by atoms with Crippen LogP contribution in [0.5, 0.6) is 11.5 Å². The van der Waals surface area contributed by atoms with Crippen LogP contribution in [0.3, 0.4) is 0 Å². The Balaban J connectivity index is 1.42. The zero-order chi connectivity index (χ0) is 28.6. The Bertz CT molecular complexity index is 1150. The molecule has 0 saturated carbocycles. The first-order chi connectivity index (χ1) is 19.5. The molecule has 0 amide bonds. The van der Waals surface area contributed by atoms with E-state index in [1.165, 1.54) is 56.9 Å². The number of esters is 1. The van der Waals surface area contributed by atoms with E-state index in [1.54, 1.807) is 24.3 Å². The number of hydrogen-bond acceptors (Lipinski definition) is 5. The summed E-state index contributed by atoms with van der Waals surface area (Å²) in [5.74, 6) is 0.841. The predicted molar refractivity (Wildman–Crippen MR) is 161 cm³/mol. The topological polar surface area (TPSA) is 61.8 Å². The van der Waals surface area contributed by atoms with Gasteiger partial charge in [0, 0.05) is 0 Å². The lowest BCUT2D eigenvalue weighted by atomic mass is 10.0. The van der Waals surface area contributed by atoms with Gasteiger partial charge in [-0.3, -0.25) is 0 Å². The van der Waals surface area contributed by atoms with Crippen LogP contribution in [0.25, 0.3) is 11.1 Å². The molecule has 1 atom stereocenters. The monoisotopic (exact) mass is 544 g/mol. The Morgan fingerprint density at radius 3 is 1.73 bits per heavy atom. The molecule has 0 aromatic heterocycles. The van der Waals surface area contributed by atoms with Gasteiger partial charge in [-0.05, 0) is 71.8 Å². The van der Waals surface area contributed by atoms with Gasteiger partial charge in [0.25, 0.3) is 0 Å². The minimum atomic E-state index is -0.697. The van der Waals surface area contributed by atoms with E-state index in [9.17, 15) is 9.59 Å². The first-order valence-electron chi connectivity index (χ1n) is 14.8. The fourth-order valence-electron chi connectivity index (χ4n) is 4.32. The zero-order valence-electron chi connectivity index (χ0n) is 24.3. The zero-order valence-corrected chi connectivity index (χ0v) is 24.3. The molecule has 0 heterocycles. The third-order valence-corrected chi connectivity index (χ3v) is 7.14. The number of benzene rings is 3. The molecule has 40 heavy (non-hydrogen) atoms. The Morgan fingerprint density at radius 2 is 1.18 bits per heavy atom. The molecule has 0 fully saturated rings. The summed E-state index contributed by atoms with van der Waals surface area (Å²) < 4.78 is 16.0. The molecule has 3 aromatic rings. The highest BCUT2D eigenvalue weighted by Gasteiger charge is 2.11. The molecule has 0 spiro atoms. The summed E-state index contributed by atoms with van der Waals surface area (Å²) >= 11 is 0. The van der Waals surface area contributed by atoms with Crippen molar-refractivity contribution in [2.75, 3.05) is 6.61 Å². The average molecular weight is 545 g/mol. The molecule has 3 aromatic carbocycles. The van der Waals surface area contributed by atoms with Gasteiger partial charge in [-0.2, -0.15) is 0 Å². The SMILES string of the molecule is CCCCCCCCCCc1ccc(C(=O)Oc2ccc(-c3ccc(OC(=O)OCC(C)CC)cc3)cc2)cc1. The van der Waals surface area contributed by atoms with Gasteiger partial charge in [-0.25, -0.2) is 9.59 Å². The lowest BCUT2D eigenvalue weighted by Crippen LogP contribution is -2.15. The van der Waals surface area contributed by atoms with Crippen molar-refractivity contribution in [1.82, 2.24) is 0 Å². The summed E-state index contributed by atoms with van der Waals surface area (Å²) in [5.41, 5.74) is 3.70. The first kappa shape index (κ1) is 30.9. The third-order valence-electron chi connectivity index (χ3n) is 7.14. The van der Waals surface area contributed by atoms with Crippen molar-refractivity contribution >= 4 is 12.1 Å². The molecular weight excluding hydrogens is 500 g/mol. The van der Waals surface area contributed by atoms with Crippen LogP contribution in [0.15, 0.2) is 72.8 Å². The summed E-state index contributed by atoms with van der Waals surface area (Å²) in [4.78, 5) is 24.5. The molecule has 0 aliphatic rings. The van der Waals surface area contributed by atoms with Gasteiger partial charge < -0.3 is 14.2 Å². The Morgan fingerprint density at radius 1 is 0.650 bits per heavy atom. The normalized spacial score (nSPS) is 11.6. The van der Waals surface area contributed by atoms with Crippen LogP contribution < -0.4 is 9.47 Å². The summed E-state index contributed by atoms with van der Waals surface area (Å²) in [7, 11) is 0. The molecule has 1 unspecified atom stereocenters. The van der Waals surface area contributed by atoms with E-state index < -0.39 is 6.16 Å². The van der Waals surface area contributed by atoms with Crippen molar-refractivity contribution in [2.45, 2.75) is 85.0 Å². The second kappa shape index (κ2) is 17.2. The van der Waals surface area contributed by atoms with Gasteiger partial charge >= 0.3 is 12.1 Å². The smallest absolute Gasteiger partial charge is 0.434 e. The van der Waals surface area contributed by atoms with E-state index in [0.29, 0.717) is 29.6 Å². The highest BCUT2D eigenvalue weighted by atomic mass is 16.7. The Labute approximate surface area is 239 Å². The second-order valence-electron chi connectivity index (χ2n) is 10.5. The van der Waals surface area contributed by atoms with Crippen molar-refractivity contribution in [2.24, 2.45) is 5.92 Å². The van der Waals surface area contributed by atoms with E-state index in [4.69, 9.17) is 14.2 Å². The van der Waals surface area contributed by atoms with E-state index in [1.807, 2.05) is 62.4 Å². The summed E-state index contributed by atoms with van der Waals surface area (Å²) in [6, 6.07) is 22.3. The lowest BCUT2D eigenvalue weighted by Gasteiger charge is -2.10. The Hall–Kier alpha value is -3.60. The van der Waals surface area contributed by atoms with Crippen LogP contribution in [-0.2, 0) is 11.2 Å². The minimum Gasteiger partial charge on any atom is -0.434 e. The van der Waals surface area contributed by atoms with E-state index in [2.05, 4.69) is 6.92 Å².